The number of amides is 1. The van der Waals surface area contributed by atoms with Crippen LogP contribution in [0.1, 0.15) is 11.1 Å². The van der Waals surface area contributed by atoms with Crippen LogP contribution in [0.5, 0.6) is 5.75 Å². The number of thioether (sulfide) groups is 1. The largest absolute Gasteiger partial charge is 0.489 e. The third kappa shape index (κ3) is 5.73. The molecule has 0 atom stereocenters. The van der Waals surface area contributed by atoms with Crippen molar-refractivity contribution in [2.75, 3.05) is 4.90 Å². The summed E-state index contributed by atoms with van der Waals surface area (Å²) in [5.41, 5.74) is 3.61. The van der Waals surface area contributed by atoms with Crippen LogP contribution in [0.15, 0.2) is 124 Å². The lowest BCUT2D eigenvalue weighted by Gasteiger charge is -2.15. The third-order valence-corrected chi connectivity index (χ3v) is 6.80. The number of hydrogen-bond donors (Lipinski definition) is 0. The van der Waals surface area contributed by atoms with Gasteiger partial charge in [0.15, 0.2) is 5.17 Å². The van der Waals surface area contributed by atoms with Crippen molar-refractivity contribution in [1.82, 2.24) is 0 Å². The molecule has 1 heterocycles. The smallest absolute Gasteiger partial charge is 0.271 e. The van der Waals surface area contributed by atoms with E-state index in [1.54, 1.807) is 4.90 Å². The highest BCUT2D eigenvalue weighted by atomic mass is 79.9. The van der Waals surface area contributed by atoms with Crippen LogP contribution in [0.3, 0.4) is 0 Å². The second-order valence-electron chi connectivity index (χ2n) is 7.80. The Labute approximate surface area is 217 Å². The van der Waals surface area contributed by atoms with Gasteiger partial charge in [0, 0.05) is 4.47 Å². The van der Waals surface area contributed by atoms with Crippen molar-refractivity contribution in [3.63, 3.8) is 0 Å². The van der Waals surface area contributed by atoms with Crippen molar-refractivity contribution >= 4 is 56.2 Å². The summed E-state index contributed by atoms with van der Waals surface area (Å²) in [4.78, 5) is 20.4. The van der Waals surface area contributed by atoms with Gasteiger partial charge in [-0.05, 0) is 77.5 Å². The van der Waals surface area contributed by atoms with Crippen LogP contribution < -0.4 is 9.64 Å². The highest BCUT2D eigenvalue weighted by molar-refractivity contribution is 9.10. The van der Waals surface area contributed by atoms with Crippen LogP contribution in [0.4, 0.5) is 11.4 Å². The van der Waals surface area contributed by atoms with Gasteiger partial charge < -0.3 is 4.74 Å². The molecule has 0 aliphatic carbocycles. The molecule has 5 rings (SSSR count). The summed E-state index contributed by atoms with van der Waals surface area (Å²) in [6.07, 6.45) is 1.90. The highest BCUT2D eigenvalue weighted by Crippen LogP contribution is 2.37. The van der Waals surface area contributed by atoms with E-state index < -0.39 is 0 Å². The van der Waals surface area contributed by atoms with Crippen molar-refractivity contribution in [2.45, 2.75) is 6.61 Å². The number of carbonyl (C=O) groups excluding carboxylic acids is 1. The molecule has 1 saturated heterocycles. The Kier molecular flexibility index (Phi) is 7.12. The number of carbonyl (C=O) groups is 1. The van der Waals surface area contributed by atoms with Crippen LogP contribution in [0.2, 0.25) is 0 Å². The summed E-state index contributed by atoms with van der Waals surface area (Å²) in [6, 6.07) is 35.1. The molecule has 4 aromatic carbocycles. The first-order valence-electron chi connectivity index (χ1n) is 11.1. The summed E-state index contributed by atoms with van der Waals surface area (Å²) in [5, 5.41) is 0.633. The first-order chi connectivity index (χ1) is 17.2. The van der Waals surface area contributed by atoms with E-state index in [2.05, 4.69) is 15.9 Å². The average molecular weight is 541 g/mol. The maximum absolute atomic E-state index is 13.4. The van der Waals surface area contributed by atoms with Gasteiger partial charge in [0.2, 0.25) is 0 Å². The summed E-state index contributed by atoms with van der Waals surface area (Å²) in [6.45, 7) is 0.493. The fourth-order valence-corrected chi connectivity index (χ4v) is 4.79. The Bertz CT molecular complexity index is 1370. The second-order valence-corrected chi connectivity index (χ2v) is 9.73. The number of amidine groups is 1. The molecule has 0 radical (unpaired) electrons. The minimum Gasteiger partial charge on any atom is -0.489 e. The van der Waals surface area contributed by atoms with E-state index in [0.717, 1.165) is 32.7 Å². The maximum Gasteiger partial charge on any atom is 0.271 e. The molecule has 1 fully saturated rings. The van der Waals surface area contributed by atoms with E-state index in [1.807, 2.05) is 115 Å². The minimum absolute atomic E-state index is 0.0913. The number of ether oxygens (including phenoxy) is 1. The topological polar surface area (TPSA) is 41.9 Å². The van der Waals surface area contributed by atoms with Gasteiger partial charge in [-0.3, -0.25) is 9.69 Å². The van der Waals surface area contributed by atoms with Crippen LogP contribution in [-0.4, -0.2) is 11.1 Å². The number of rotatable bonds is 6. The maximum atomic E-state index is 13.4. The van der Waals surface area contributed by atoms with Gasteiger partial charge in [0.25, 0.3) is 5.91 Å². The quantitative estimate of drug-likeness (QED) is 0.234. The molecule has 35 heavy (non-hydrogen) atoms. The first-order valence-corrected chi connectivity index (χ1v) is 12.7. The number of para-hydroxylation sites is 2. The summed E-state index contributed by atoms with van der Waals surface area (Å²) < 4.78 is 6.94. The molecule has 0 saturated carbocycles. The number of aliphatic imine (C=N–C) groups is 1. The number of anilines is 1. The van der Waals surface area contributed by atoms with Crippen LogP contribution in [-0.2, 0) is 11.4 Å². The fourth-order valence-electron chi connectivity index (χ4n) is 3.53. The van der Waals surface area contributed by atoms with Gasteiger partial charge in [-0.25, -0.2) is 4.99 Å². The van der Waals surface area contributed by atoms with E-state index in [-0.39, 0.29) is 5.91 Å². The molecule has 0 spiro atoms. The van der Waals surface area contributed by atoms with Gasteiger partial charge in [-0.2, -0.15) is 0 Å². The van der Waals surface area contributed by atoms with Crippen molar-refractivity contribution in [2.24, 2.45) is 4.99 Å². The standard InChI is InChI=1S/C29H21BrN2O2S/c30-23-15-11-22(12-16-23)20-34-26-17-13-21(14-18-26)19-27-28(33)32(25-9-5-2-6-10-25)29(35-27)31-24-7-3-1-4-8-24/h1-19H,20H2/b27-19+,31-29?. The lowest BCUT2D eigenvalue weighted by atomic mass is 10.2. The molecule has 0 unspecified atom stereocenters. The molecular formula is C29H21BrN2O2S. The molecule has 0 aromatic heterocycles. The van der Waals surface area contributed by atoms with Crippen LogP contribution in [0.25, 0.3) is 6.08 Å². The number of benzene rings is 4. The van der Waals surface area contributed by atoms with E-state index in [0.29, 0.717) is 16.7 Å². The van der Waals surface area contributed by atoms with E-state index in [1.165, 1.54) is 11.8 Å². The average Bonchev–Trinajstić information content (AvgIpc) is 3.19. The predicted molar refractivity (Wildman–Crippen MR) is 148 cm³/mol. The van der Waals surface area contributed by atoms with Gasteiger partial charge in [-0.1, -0.05) is 76.6 Å². The second kappa shape index (κ2) is 10.8. The SMILES string of the molecule is O=C1/C(=C\c2ccc(OCc3ccc(Br)cc3)cc2)SC(=Nc2ccccc2)N1c1ccccc1. The Hall–Kier alpha value is -3.61. The fraction of sp³-hybridized carbons (Fsp3) is 0.0345. The lowest BCUT2D eigenvalue weighted by molar-refractivity contribution is -0.113. The number of halogens is 1. The molecule has 172 valence electrons. The molecule has 4 aromatic rings. The predicted octanol–water partition coefficient (Wildman–Crippen LogP) is 7.84. The van der Waals surface area contributed by atoms with Gasteiger partial charge in [-0.15, -0.1) is 0 Å². The Morgan fingerprint density at radius 3 is 2.17 bits per heavy atom. The lowest BCUT2D eigenvalue weighted by Crippen LogP contribution is -2.28. The van der Waals surface area contributed by atoms with Crippen molar-refractivity contribution in [3.8, 4) is 5.75 Å². The summed E-state index contributed by atoms with van der Waals surface area (Å²) >= 11 is 4.82. The molecule has 0 N–H and O–H groups in total. The summed E-state index contributed by atoms with van der Waals surface area (Å²) in [5.74, 6) is 0.684. The molecule has 1 aliphatic rings. The van der Waals surface area contributed by atoms with E-state index >= 15 is 0 Å². The minimum atomic E-state index is -0.0913. The zero-order chi connectivity index (χ0) is 24.0. The molecule has 4 nitrogen and oxygen atoms in total. The third-order valence-electron chi connectivity index (χ3n) is 5.30. The molecule has 1 amide bonds. The number of hydrogen-bond acceptors (Lipinski definition) is 4. The molecule has 0 bridgehead atoms. The normalized spacial score (nSPS) is 15.7. The van der Waals surface area contributed by atoms with E-state index in [9.17, 15) is 4.79 Å². The van der Waals surface area contributed by atoms with Gasteiger partial charge in [0.1, 0.15) is 12.4 Å². The van der Waals surface area contributed by atoms with Crippen molar-refractivity contribution < 1.29 is 9.53 Å². The van der Waals surface area contributed by atoms with Gasteiger partial charge >= 0.3 is 0 Å². The zero-order valence-corrected chi connectivity index (χ0v) is 21.1. The van der Waals surface area contributed by atoms with Gasteiger partial charge in [0.05, 0.1) is 16.3 Å². The molecule has 6 heteroatoms. The highest BCUT2D eigenvalue weighted by Gasteiger charge is 2.34. The molecular weight excluding hydrogens is 520 g/mol. The van der Waals surface area contributed by atoms with Crippen molar-refractivity contribution in [3.05, 3.63) is 130 Å². The Balaban J connectivity index is 1.36. The molecule has 1 aliphatic heterocycles. The summed E-state index contributed by atoms with van der Waals surface area (Å²) in [7, 11) is 0. The monoisotopic (exact) mass is 540 g/mol. The first kappa shape index (κ1) is 23.1. The van der Waals surface area contributed by atoms with Crippen LogP contribution >= 0.6 is 27.7 Å². The zero-order valence-electron chi connectivity index (χ0n) is 18.7. The Morgan fingerprint density at radius 1 is 0.829 bits per heavy atom. The van der Waals surface area contributed by atoms with Crippen molar-refractivity contribution in [1.29, 1.82) is 0 Å². The van der Waals surface area contributed by atoms with Crippen LogP contribution in [0, 0.1) is 0 Å². The Morgan fingerprint density at radius 2 is 1.49 bits per heavy atom. The van der Waals surface area contributed by atoms with E-state index in [4.69, 9.17) is 9.73 Å². The number of nitrogens with zero attached hydrogens (tertiary/aromatic N) is 2.